The van der Waals surface area contributed by atoms with Crippen molar-refractivity contribution in [2.45, 2.75) is 6.42 Å². The van der Waals surface area contributed by atoms with Crippen LogP contribution in [0.5, 0.6) is 11.5 Å². The maximum Gasteiger partial charge on any atom is 0.339 e. The van der Waals surface area contributed by atoms with Crippen LogP contribution >= 0.6 is 0 Å². The summed E-state index contributed by atoms with van der Waals surface area (Å²) in [4.78, 5) is 10.9. The number of benzene rings is 2. The Balaban J connectivity index is 2.00. The zero-order valence-corrected chi connectivity index (χ0v) is 10.2. The lowest BCUT2D eigenvalue weighted by Gasteiger charge is -2.08. The van der Waals surface area contributed by atoms with Crippen LogP contribution in [0.25, 0.3) is 0 Å². The van der Waals surface area contributed by atoms with E-state index < -0.39 is 5.97 Å². The fourth-order valence-corrected chi connectivity index (χ4v) is 1.76. The van der Waals surface area contributed by atoms with E-state index >= 15 is 0 Å². The summed E-state index contributed by atoms with van der Waals surface area (Å²) in [6.07, 6.45) is 0.446. The first-order chi connectivity index (χ1) is 9.18. The number of phenols is 1. The molecule has 98 valence electrons. The molecule has 0 radical (unpaired) electrons. The second kappa shape index (κ2) is 5.91. The molecule has 0 aliphatic heterocycles. The van der Waals surface area contributed by atoms with Gasteiger partial charge in [0.1, 0.15) is 17.1 Å². The molecule has 0 bridgehead atoms. The lowest BCUT2D eigenvalue weighted by Crippen LogP contribution is -2.04. The van der Waals surface area contributed by atoms with Crippen LogP contribution in [0.2, 0.25) is 0 Å². The van der Waals surface area contributed by atoms with Gasteiger partial charge in [-0.1, -0.05) is 30.3 Å². The Bertz CT molecular complexity index is 564. The third kappa shape index (κ3) is 3.25. The number of carboxylic acid groups (broad SMARTS) is 1. The molecule has 2 aromatic rings. The van der Waals surface area contributed by atoms with E-state index in [1.54, 1.807) is 12.1 Å². The molecule has 2 N–H and O–H groups in total. The number of para-hydroxylation sites is 2. The quantitative estimate of drug-likeness (QED) is 0.865. The number of aromatic carboxylic acids is 1. The first kappa shape index (κ1) is 13.0. The average Bonchev–Trinajstić information content (AvgIpc) is 2.41. The second-order valence-corrected chi connectivity index (χ2v) is 4.03. The van der Waals surface area contributed by atoms with Gasteiger partial charge in [0, 0.05) is 6.42 Å². The highest BCUT2D eigenvalue weighted by Gasteiger charge is 2.12. The molecular formula is C15H14O4. The van der Waals surface area contributed by atoms with Gasteiger partial charge in [0.05, 0.1) is 6.61 Å². The van der Waals surface area contributed by atoms with Gasteiger partial charge in [-0.25, -0.2) is 4.79 Å². The minimum absolute atomic E-state index is 0.0859. The Morgan fingerprint density at radius 3 is 2.47 bits per heavy atom. The molecule has 2 rings (SSSR count). The molecular weight excluding hydrogens is 244 g/mol. The molecule has 4 heteroatoms. The summed E-state index contributed by atoms with van der Waals surface area (Å²) >= 11 is 0. The van der Waals surface area contributed by atoms with Gasteiger partial charge in [-0.15, -0.1) is 0 Å². The number of aromatic hydroxyl groups is 1. The fourth-order valence-electron chi connectivity index (χ4n) is 1.76. The van der Waals surface area contributed by atoms with Crippen LogP contribution in [0.15, 0.2) is 48.5 Å². The van der Waals surface area contributed by atoms with Crippen molar-refractivity contribution in [3.8, 4) is 11.5 Å². The molecule has 0 aromatic heterocycles. The normalized spacial score (nSPS) is 10.1. The highest BCUT2D eigenvalue weighted by molar-refractivity contribution is 5.91. The van der Waals surface area contributed by atoms with Crippen molar-refractivity contribution in [2.75, 3.05) is 6.61 Å². The summed E-state index contributed by atoms with van der Waals surface area (Å²) < 4.78 is 5.51. The smallest absolute Gasteiger partial charge is 0.339 e. The molecule has 0 aliphatic rings. The molecule has 0 fully saturated rings. The standard InChI is InChI=1S/C15H14O4/c16-14-11(5-4-8-13(14)15(17)18)9-10-19-12-6-2-1-3-7-12/h1-8,16H,9-10H2,(H,17,18). The molecule has 2 aromatic carbocycles. The lowest BCUT2D eigenvalue weighted by atomic mass is 10.1. The topological polar surface area (TPSA) is 66.8 Å². The number of hydrogen-bond acceptors (Lipinski definition) is 3. The van der Waals surface area contributed by atoms with Crippen molar-refractivity contribution in [1.82, 2.24) is 0 Å². The Hall–Kier alpha value is -2.49. The van der Waals surface area contributed by atoms with Crippen LogP contribution in [0.3, 0.4) is 0 Å². The van der Waals surface area contributed by atoms with Gasteiger partial charge in [-0.05, 0) is 23.8 Å². The van der Waals surface area contributed by atoms with Crippen LogP contribution in [-0.2, 0) is 6.42 Å². The highest BCUT2D eigenvalue weighted by atomic mass is 16.5. The summed E-state index contributed by atoms with van der Waals surface area (Å²) in [6.45, 7) is 0.376. The largest absolute Gasteiger partial charge is 0.507 e. The van der Waals surface area contributed by atoms with Crippen molar-refractivity contribution in [1.29, 1.82) is 0 Å². The predicted octanol–water partition coefficient (Wildman–Crippen LogP) is 2.71. The minimum Gasteiger partial charge on any atom is -0.507 e. The SMILES string of the molecule is O=C(O)c1cccc(CCOc2ccccc2)c1O. The molecule has 0 aliphatic carbocycles. The van der Waals surface area contributed by atoms with Crippen molar-refractivity contribution in [2.24, 2.45) is 0 Å². The van der Waals surface area contributed by atoms with Crippen LogP contribution in [0, 0.1) is 0 Å². The van der Waals surface area contributed by atoms with E-state index in [4.69, 9.17) is 9.84 Å². The Labute approximate surface area is 110 Å². The van der Waals surface area contributed by atoms with E-state index in [2.05, 4.69) is 0 Å². The maximum absolute atomic E-state index is 10.9. The predicted molar refractivity (Wildman–Crippen MR) is 70.7 cm³/mol. The molecule has 19 heavy (non-hydrogen) atoms. The third-order valence-electron chi connectivity index (χ3n) is 2.73. The number of carboxylic acids is 1. The van der Waals surface area contributed by atoms with E-state index in [9.17, 15) is 9.90 Å². The Morgan fingerprint density at radius 2 is 1.79 bits per heavy atom. The second-order valence-electron chi connectivity index (χ2n) is 4.03. The van der Waals surface area contributed by atoms with E-state index in [1.165, 1.54) is 6.07 Å². The van der Waals surface area contributed by atoms with Gasteiger partial charge < -0.3 is 14.9 Å². The molecule has 0 spiro atoms. The fraction of sp³-hybridized carbons (Fsp3) is 0.133. The average molecular weight is 258 g/mol. The van der Waals surface area contributed by atoms with Gasteiger partial charge in [0.15, 0.2) is 0 Å². The van der Waals surface area contributed by atoms with Gasteiger partial charge in [-0.2, -0.15) is 0 Å². The zero-order valence-electron chi connectivity index (χ0n) is 10.2. The third-order valence-corrected chi connectivity index (χ3v) is 2.73. The maximum atomic E-state index is 10.9. The van der Waals surface area contributed by atoms with Gasteiger partial charge in [0.2, 0.25) is 0 Å². The van der Waals surface area contributed by atoms with Crippen LogP contribution < -0.4 is 4.74 Å². The van der Waals surface area contributed by atoms with Crippen LogP contribution in [-0.4, -0.2) is 22.8 Å². The molecule has 4 nitrogen and oxygen atoms in total. The molecule has 0 unspecified atom stereocenters. The highest BCUT2D eigenvalue weighted by Crippen LogP contribution is 2.23. The van der Waals surface area contributed by atoms with Crippen molar-refractivity contribution >= 4 is 5.97 Å². The summed E-state index contributed by atoms with van der Waals surface area (Å²) in [5.74, 6) is -0.577. The van der Waals surface area contributed by atoms with Gasteiger partial charge in [-0.3, -0.25) is 0 Å². The summed E-state index contributed by atoms with van der Waals surface area (Å²) in [6, 6.07) is 14.0. The summed E-state index contributed by atoms with van der Waals surface area (Å²) in [7, 11) is 0. The zero-order chi connectivity index (χ0) is 13.7. The van der Waals surface area contributed by atoms with Crippen LogP contribution in [0.4, 0.5) is 0 Å². The first-order valence-corrected chi connectivity index (χ1v) is 5.90. The minimum atomic E-state index is -1.14. The number of hydrogen-bond donors (Lipinski definition) is 2. The van der Waals surface area contributed by atoms with Crippen LogP contribution in [0.1, 0.15) is 15.9 Å². The van der Waals surface area contributed by atoms with E-state index in [0.717, 1.165) is 5.75 Å². The van der Waals surface area contributed by atoms with Gasteiger partial charge >= 0.3 is 5.97 Å². The number of carbonyl (C=O) groups is 1. The van der Waals surface area contributed by atoms with Gasteiger partial charge in [0.25, 0.3) is 0 Å². The van der Waals surface area contributed by atoms with E-state index in [1.807, 2.05) is 30.3 Å². The summed E-state index contributed by atoms with van der Waals surface area (Å²) in [5, 5.41) is 18.7. The van der Waals surface area contributed by atoms with E-state index in [-0.39, 0.29) is 11.3 Å². The van der Waals surface area contributed by atoms with Crippen molar-refractivity contribution in [3.63, 3.8) is 0 Å². The molecule has 0 heterocycles. The number of ether oxygens (including phenoxy) is 1. The summed E-state index contributed by atoms with van der Waals surface area (Å²) in [5.41, 5.74) is 0.480. The van der Waals surface area contributed by atoms with Crippen molar-refractivity contribution in [3.05, 3.63) is 59.7 Å². The Morgan fingerprint density at radius 1 is 1.05 bits per heavy atom. The Kier molecular flexibility index (Phi) is 4.03. The number of rotatable bonds is 5. The monoisotopic (exact) mass is 258 g/mol. The first-order valence-electron chi connectivity index (χ1n) is 5.90. The van der Waals surface area contributed by atoms with E-state index in [0.29, 0.717) is 18.6 Å². The molecule has 0 atom stereocenters. The molecule has 0 saturated heterocycles. The lowest BCUT2D eigenvalue weighted by molar-refractivity contribution is 0.0693. The molecule has 0 saturated carbocycles. The van der Waals surface area contributed by atoms with Crippen molar-refractivity contribution < 1.29 is 19.7 Å². The molecule has 0 amide bonds.